The number of ketones is 1. The molecular weight excluding hydrogens is 172 g/mol. The van der Waals surface area contributed by atoms with Crippen LogP contribution >= 0.6 is 0 Å². The van der Waals surface area contributed by atoms with Crippen LogP contribution in [0.2, 0.25) is 0 Å². The van der Waals surface area contributed by atoms with Crippen molar-refractivity contribution in [3.8, 4) is 0 Å². The normalized spacial score (nSPS) is 26.1. The van der Waals surface area contributed by atoms with Gasteiger partial charge in [-0.05, 0) is 25.0 Å². The Morgan fingerprint density at radius 3 is 1.93 bits per heavy atom. The van der Waals surface area contributed by atoms with E-state index in [1.807, 2.05) is 0 Å². The van der Waals surface area contributed by atoms with Gasteiger partial charge in [0, 0.05) is 5.41 Å². The summed E-state index contributed by atoms with van der Waals surface area (Å²) in [4.78, 5) is 11.1. The summed E-state index contributed by atoms with van der Waals surface area (Å²) in [6, 6.07) is 0. The summed E-state index contributed by atoms with van der Waals surface area (Å²) in [6.45, 7) is 0. The molecule has 2 aliphatic carbocycles. The van der Waals surface area contributed by atoms with Crippen molar-refractivity contribution in [3.05, 3.63) is 24.3 Å². The Morgan fingerprint density at radius 2 is 1.36 bits per heavy atom. The van der Waals surface area contributed by atoms with E-state index in [1.165, 1.54) is 44.9 Å². The van der Waals surface area contributed by atoms with Crippen molar-refractivity contribution >= 4 is 5.78 Å². The fourth-order valence-electron chi connectivity index (χ4n) is 2.50. The maximum Gasteiger partial charge on any atom is 0.178 e. The van der Waals surface area contributed by atoms with Crippen molar-refractivity contribution in [3.63, 3.8) is 0 Å². The molecule has 0 bridgehead atoms. The van der Waals surface area contributed by atoms with Crippen LogP contribution < -0.4 is 0 Å². The van der Waals surface area contributed by atoms with Gasteiger partial charge < -0.3 is 0 Å². The molecule has 1 heteroatoms. The van der Waals surface area contributed by atoms with Gasteiger partial charge in [0.05, 0.1) is 0 Å². The molecule has 14 heavy (non-hydrogen) atoms. The molecule has 76 valence electrons. The molecule has 0 amide bonds. The molecule has 2 rings (SSSR count). The Balaban J connectivity index is 2.08. The molecule has 0 saturated heterocycles. The number of hydrogen-bond donors (Lipinski definition) is 0. The zero-order valence-corrected chi connectivity index (χ0v) is 8.67. The van der Waals surface area contributed by atoms with E-state index in [0.717, 1.165) is 0 Å². The second-order valence-corrected chi connectivity index (χ2v) is 4.57. The molecule has 0 aromatic rings. The second kappa shape index (κ2) is 4.12. The van der Waals surface area contributed by atoms with Crippen LogP contribution in [0.15, 0.2) is 24.3 Å². The first-order valence-electron chi connectivity index (χ1n) is 5.73. The maximum atomic E-state index is 11.1. The summed E-state index contributed by atoms with van der Waals surface area (Å²) in [5.74, 6) is 0.151. The van der Waals surface area contributed by atoms with Gasteiger partial charge in [0.1, 0.15) is 0 Å². The number of carbonyl (C=O) groups excluding carboxylic acids is 1. The third kappa shape index (κ3) is 2.14. The highest BCUT2D eigenvalue weighted by Gasteiger charge is 2.26. The van der Waals surface area contributed by atoms with Gasteiger partial charge in [-0.15, -0.1) is 0 Å². The van der Waals surface area contributed by atoms with Crippen LogP contribution in [0, 0.1) is 5.41 Å². The highest BCUT2D eigenvalue weighted by molar-refractivity contribution is 6.00. The van der Waals surface area contributed by atoms with Gasteiger partial charge in [0.25, 0.3) is 0 Å². The van der Waals surface area contributed by atoms with E-state index in [1.54, 1.807) is 12.2 Å². The molecule has 1 fully saturated rings. The van der Waals surface area contributed by atoms with E-state index < -0.39 is 0 Å². The first kappa shape index (κ1) is 9.70. The van der Waals surface area contributed by atoms with E-state index >= 15 is 0 Å². The van der Waals surface area contributed by atoms with Gasteiger partial charge in [-0.1, -0.05) is 44.3 Å². The average Bonchev–Trinajstić information content (AvgIpc) is 2.16. The predicted octanol–water partition coefficient (Wildman–Crippen LogP) is 3.41. The van der Waals surface area contributed by atoms with Gasteiger partial charge in [-0.2, -0.15) is 0 Å². The van der Waals surface area contributed by atoms with Crippen molar-refractivity contribution in [1.82, 2.24) is 0 Å². The Bertz CT molecular complexity index is 247. The van der Waals surface area contributed by atoms with Crippen molar-refractivity contribution in [2.75, 3.05) is 0 Å². The van der Waals surface area contributed by atoms with Crippen LogP contribution in [0.5, 0.6) is 0 Å². The first-order chi connectivity index (χ1) is 6.81. The lowest BCUT2D eigenvalue weighted by molar-refractivity contribution is -0.110. The third-order valence-electron chi connectivity index (χ3n) is 3.44. The summed E-state index contributed by atoms with van der Waals surface area (Å²) in [7, 11) is 0. The van der Waals surface area contributed by atoms with Crippen LogP contribution in [0.3, 0.4) is 0 Å². The molecule has 0 N–H and O–H groups in total. The molecule has 0 aliphatic heterocycles. The van der Waals surface area contributed by atoms with Crippen molar-refractivity contribution in [2.45, 2.75) is 44.9 Å². The number of rotatable bonds is 0. The average molecular weight is 190 g/mol. The van der Waals surface area contributed by atoms with Crippen molar-refractivity contribution in [1.29, 1.82) is 0 Å². The molecule has 0 aromatic heterocycles. The molecule has 0 heterocycles. The largest absolute Gasteiger partial charge is 0.290 e. The van der Waals surface area contributed by atoms with Crippen LogP contribution in [0.25, 0.3) is 0 Å². The van der Waals surface area contributed by atoms with E-state index in [2.05, 4.69) is 12.2 Å². The minimum absolute atomic E-state index is 0.151. The Labute approximate surface area is 85.9 Å². The van der Waals surface area contributed by atoms with Crippen molar-refractivity contribution < 1.29 is 4.79 Å². The first-order valence-corrected chi connectivity index (χ1v) is 5.73. The smallest absolute Gasteiger partial charge is 0.178 e. The zero-order chi connectivity index (χ0) is 9.86. The van der Waals surface area contributed by atoms with Gasteiger partial charge in [0.2, 0.25) is 0 Å². The van der Waals surface area contributed by atoms with Crippen LogP contribution in [0.1, 0.15) is 44.9 Å². The molecule has 0 unspecified atom stereocenters. The van der Waals surface area contributed by atoms with Gasteiger partial charge >= 0.3 is 0 Å². The van der Waals surface area contributed by atoms with Crippen molar-refractivity contribution in [2.24, 2.45) is 5.41 Å². The summed E-state index contributed by atoms with van der Waals surface area (Å²) in [5, 5.41) is 0. The van der Waals surface area contributed by atoms with Gasteiger partial charge in [0.15, 0.2) is 5.78 Å². The number of allylic oxidation sites excluding steroid dienone is 4. The topological polar surface area (TPSA) is 17.1 Å². The third-order valence-corrected chi connectivity index (χ3v) is 3.44. The zero-order valence-electron chi connectivity index (χ0n) is 8.67. The Morgan fingerprint density at radius 1 is 0.857 bits per heavy atom. The van der Waals surface area contributed by atoms with Crippen LogP contribution in [0.4, 0.5) is 0 Å². The molecule has 1 nitrogen and oxygen atoms in total. The lowest BCUT2D eigenvalue weighted by Gasteiger charge is -2.30. The lowest BCUT2D eigenvalue weighted by Crippen LogP contribution is -2.19. The molecule has 2 aliphatic rings. The molecule has 1 spiro atoms. The minimum atomic E-state index is 0.151. The Kier molecular flexibility index (Phi) is 2.85. The fourth-order valence-corrected chi connectivity index (χ4v) is 2.50. The van der Waals surface area contributed by atoms with Gasteiger partial charge in [-0.25, -0.2) is 0 Å². The predicted molar refractivity (Wildman–Crippen MR) is 58.0 cm³/mol. The Hall–Kier alpha value is -0.850. The molecule has 0 atom stereocenters. The van der Waals surface area contributed by atoms with E-state index in [0.29, 0.717) is 0 Å². The van der Waals surface area contributed by atoms with E-state index in [4.69, 9.17) is 0 Å². The van der Waals surface area contributed by atoms with E-state index in [-0.39, 0.29) is 11.2 Å². The SMILES string of the molecule is O=C1C=CC2(C=C1)CCCCCCC2. The standard InChI is InChI=1S/C13H18O/c14-12-6-10-13(11-7-12)8-4-2-1-3-5-9-13/h6-7,10-11H,1-5,8-9H2. The number of hydrogen-bond acceptors (Lipinski definition) is 1. The second-order valence-electron chi connectivity index (χ2n) is 4.57. The van der Waals surface area contributed by atoms with Crippen LogP contribution in [-0.2, 0) is 4.79 Å². The lowest BCUT2D eigenvalue weighted by atomic mass is 9.74. The summed E-state index contributed by atoms with van der Waals surface area (Å²) in [6.07, 6.45) is 17.0. The summed E-state index contributed by atoms with van der Waals surface area (Å²) < 4.78 is 0. The van der Waals surface area contributed by atoms with Gasteiger partial charge in [-0.3, -0.25) is 4.79 Å². The summed E-state index contributed by atoms with van der Waals surface area (Å²) >= 11 is 0. The number of carbonyl (C=O) groups is 1. The molecule has 0 radical (unpaired) electrons. The molecular formula is C13H18O. The fraction of sp³-hybridized carbons (Fsp3) is 0.615. The highest BCUT2D eigenvalue weighted by atomic mass is 16.1. The monoisotopic (exact) mass is 190 g/mol. The maximum absolute atomic E-state index is 11.1. The molecule has 0 aromatic carbocycles. The summed E-state index contributed by atoms with van der Waals surface area (Å²) in [5.41, 5.74) is 0.230. The minimum Gasteiger partial charge on any atom is -0.290 e. The molecule has 1 saturated carbocycles. The highest BCUT2D eigenvalue weighted by Crippen LogP contribution is 2.38. The van der Waals surface area contributed by atoms with Crippen LogP contribution in [-0.4, -0.2) is 5.78 Å². The van der Waals surface area contributed by atoms with E-state index in [9.17, 15) is 4.79 Å². The quantitative estimate of drug-likeness (QED) is 0.572.